The van der Waals surface area contributed by atoms with Crippen molar-refractivity contribution in [3.63, 3.8) is 0 Å². The van der Waals surface area contributed by atoms with E-state index in [2.05, 4.69) is 34.1 Å². The van der Waals surface area contributed by atoms with Crippen LogP contribution in [0.25, 0.3) is 0 Å². The van der Waals surface area contributed by atoms with Crippen LogP contribution < -0.4 is 10.0 Å². The Morgan fingerprint density at radius 1 is 1.39 bits per heavy atom. The Morgan fingerprint density at radius 2 is 2.17 bits per heavy atom. The number of sulfonamides is 1. The van der Waals surface area contributed by atoms with Gasteiger partial charge in [-0.1, -0.05) is 13.8 Å². The molecule has 0 radical (unpaired) electrons. The largest absolute Gasteiger partial charge is 0.315 e. The average molecular weight is 274 g/mol. The number of hydrogen-bond donors (Lipinski definition) is 3. The molecular weight excluding hydrogens is 252 g/mol. The fourth-order valence-electron chi connectivity index (χ4n) is 1.45. The van der Waals surface area contributed by atoms with Crippen molar-refractivity contribution in [2.75, 3.05) is 12.3 Å². The van der Waals surface area contributed by atoms with E-state index in [9.17, 15) is 8.42 Å². The molecule has 6 nitrogen and oxygen atoms in total. The van der Waals surface area contributed by atoms with E-state index >= 15 is 0 Å². The second-order valence-corrected chi connectivity index (χ2v) is 6.49. The van der Waals surface area contributed by atoms with Crippen molar-refractivity contribution in [2.24, 2.45) is 0 Å². The third-order valence-corrected chi connectivity index (χ3v) is 3.85. The summed E-state index contributed by atoms with van der Waals surface area (Å²) >= 11 is 0. The first-order valence-electron chi connectivity index (χ1n) is 6.18. The van der Waals surface area contributed by atoms with Crippen molar-refractivity contribution in [1.82, 2.24) is 20.2 Å². The highest BCUT2D eigenvalue weighted by atomic mass is 32.2. The smallest absolute Gasteiger partial charge is 0.211 e. The van der Waals surface area contributed by atoms with E-state index in [0.29, 0.717) is 19.0 Å². The molecule has 0 atom stereocenters. The van der Waals surface area contributed by atoms with Gasteiger partial charge in [-0.05, 0) is 19.4 Å². The molecule has 0 aromatic carbocycles. The van der Waals surface area contributed by atoms with Crippen LogP contribution in [-0.2, 0) is 16.6 Å². The van der Waals surface area contributed by atoms with Crippen LogP contribution in [0.3, 0.4) is 0 Å². The zero-order valence-electron chi connectivity index (χ0n) is 10.9. The number of rotatable bonds is 9. The molecule has 18 heavy (non-hydrogen) atoms. The molecule has 0 saturated heterocycles. The molecule has 0 amide bonds. The summed E-state index contributed by atoms with van der Waals surface area (Å²) in [5.74, 6) is 0.171. The Bertz CT molecular complexity index is 414. The molecule has 0 unspecified atom stereocenters. The Kier molecular flexibility index (Phi) is 6.31. The molecule has 1 heterocycles. The van der Waals surface area contributed by atoms with Crippen molar-refractivity contribution in [2.45, 2.75) is 39.3 Å². The summed E-state index contributed by atoms with van der Waals surface area (Å²) in [6.07, 6.45) is 4.81. The summed E-state index contributed by atoms with van der Waals surface area (Å²) in [5.41, 5.74) is 0.833. The van der Waals surface area contributed by atoms with Crippen LogP contribution >= 0.6 is 0 Å². The van der Waals surface area contributed by atoms with E-state index in [-0.39, 0.29) is 5.75 Å². The fraction of sp³-hybridized carbons (Fsp3) is 0.727. The van der Waals surface area contributed by atoms with Crippen LogP contribution in [0, 0.1) is 0 Å². The predicted molar refractivity (Wildman–Crippen MR) is 71.6 cm³/mol. The number of H-pyrrole nitrogens is 1. The molecular formula is C11H22N4O2S. The van der Waals surface area contributed by atoms with Crippen LogP contribution in [0.2, 0.25) is 0 Å². The summed E-state index contributed by atoms with van der Waals surface area (Å²) in [4.78, 5) is 0. The maximum atomic E-state index is 11.7. The number of nitrogens with one attached hydrogen (secondary N) is 3. The first-order valence-corrected chi connectivity index (χ1v) is 7.83. The van der Waals surface area contributed by atoms with Gasteiger partial charge in [-0.25, -0.2) is 13.1 Å². The van der Waals surface area contributed by atoms with E-state index < -0.39 is 10.0 Å². The van der Waals surface area contributed by atoms with Crippen LogP contribution in [0.4, 0.5) is 0 Å². The molecule has 0 spiro atoms. The van der Waals surface area contributed by atoms with Gasteiger partial charge < -0.3 is 5.32 Å². The lowest BCUT2D eigenvalue weighted by Gasteiger charge is -2.08. The van der Waals surface area contributed by atoms with Crippen molar-refractivity contribution in [3.8, 4) is 0 Å². The first kappa shape index (κ1) is 15.1. The number of aromatic nitrogens is 2. The van der Waals surface area contributed by atoms with Gasteiger partial charge in [0, 0.05) is 24.3 Å². The van der Waals surface area contributed by atoms with Gasteiger partial charge in [0.1, 0.15) is 0 Å². The molecule has 1 aromatic heterocycles. The standard InChI is InChI=1S/C11H22N4O2S/c1-10(2)12-5-3-4-6-18(16,17)15-9-11-7-13-14-8-11/h7-8,10,12,15H,3-6,9H2,1-2H3,(H,13,14). The Hall–Kier alpha value is -0.920. The highest BCUT2D eigenvalue weighted by molar-refractivity contribution is 7.89. The molecule has 1 rings (SSSR count). The van der Waals surface area contributed by atoms with Gasteiger partial charge >= 0.3 is 0 Å². The molecule has 3 N–H and O–H groups in total. The van der Waals surface area contributed by atoms with Gasteiger partial charge in [0.2, 0.25) is 10.0 Å². The SMILES string of the molecule is CC(C)NCCCCS(=O)(=O)NCc1cn[nH]c1. The second kappa shape index (κ2) is 7.50. The summed E-state index contributed by atoms with van der Waals surface area (Å²) in [5, 5.41) is 9.66. The van der Waals surface area contributed by atoms with Crippen LogP contribution in [-0.4, -0.2) is 37.0 Å². The minimum absolute atomic E-state index is 0.171. The minimum Gasteiger partial charge on any atom is -0.315 e. The van der Waals surface area contributed by atoms with Crippen LogP contribution in [0.15, 0.2) is 12.4 Å². The molecule has 0 aliphatic carbocycles. The summed E-state index contributed by atoms with van der Waals surface area (Å²) in [6.45, 7) is 5.30. The molecule has 0 bridgehead atoms. The third kappa shape index (κ3) is 6.73. The summed E-state index contributed by atoms with van der Waals surface area (Å²) in [6, 6.07) is 0.445. The van der Waals surface area contributed by atoms with Crippen LogP contribution in [0.1, 0.15) is 32.3 Å². The van der Waals surface area contributed by atoms with Crippen LogP contribution in [0.5, 0.6) is 0 Å². The molecule has 0 fully saturated rings. The molecule has 104 valence electrons. The lowest BCUT2D eigenvalue weighted by molar-refractivity contribution is 0.555. The highest BCUT2D eigenvalue weighted by Crippen LogP contribution is 1.98. The van der Waals surface area contributed by atoms with E-state index in [1.165, 1.54) is 0 Å². The maximum Gasteiger partial charge on any atom is 0.211 e. The number of unbranched alkanes of at least 4 members (excludes halogenated alkanes) is 1. The first-order chi connectivity index (χ1) is 8.49. The van der Waals surface area contributed by atoms with Gasteiger partial charge in [-0.15, -0.1) is 0 Å². The van der Waals surface area contributed by atoms with Crippen molar-refractivity contribution in [1.29, 1.82) is 0 Å². The molecule has 0 aliphatic rings. The van der Waals surface area contributed by atoms with E-state index in [1.807, 2.05) is 0 Å². The molecule has 1 aromatic rings. The van der Waals surface area contributed by atoms with Gasteiger partial charge in [-0.3, -0.25) is 5.10 Å². The number of aromatic amines is 1. The molecule has 0 aliphatic heterocycles. The van der Waals surface area contributed by atoms with Crippen molar-refractivity contribution < 1.29 is 8.42 Å². The minimum atomic E-state index is -3.18. The zero-order valence-corrected chi connectivity index (χ0v) is 11.8. The summed E-state index contributed by atoms with van der Waals surface area (Å²) < 4.78 is 25.9. The van der Waals surface area contributed by atoms with Gasteiger partial charge in [0.05, 0.1) is 11.9 Å². The van der Waals surface area contributed by atoms with E-state index in [0.717, 1.165) is 18.5 Å². The predicted octanol–water partition coefficient (Wildman–Crippen LogP) is 0.607. The zero-order chi connectivity index (χ0) is 13.4. The number of hydrogen-bond acceptors (Lipinski definition) is 4. The second-order valence-electron chi connectivity index (χ2n) is 4.56. The Balaban J connectivity index is 2.15. The average Bonchev–Trinajstić information content (AvgIpc) is 2.78. The van der Waals surface area contributed by atoms with Gasteiger partial charge in [0.25, 0.3) is 0 Å². The molecule has 0 saturated carbocycles. The van der Waals surface area contributed by atoms with Gasteiger partial charge in [0.15, 0.2) is 0 Å². The highest BCUT2D eigenvalue weighted by Gasteiger charge is 2.09. The molecule has 7 heteroatoms. The Labute approximate surface area is 109 Å². The lowest BCUT2D eigenvalue weighted by Crippen LogP contribution is -2.27. The summed E-state index contributed by atoms with van der Waals surface area (Å²) in [7, 11) is -3.18. The fourth-order valence-corrected chi connectivity index (χ4v) is 2.56. The topological polar surface area (TPSA) is 86.9 Å². The Morgan fingerprint density at radius 3 is 2.78 bits per heavy atom. The normalized spacial score (nSPS) is 12.2. The maximum absolute atomic E-state index is 11.7. The van der Waals surface area contributed by atoms with Gasteiger partial charge in [-0.2, -0.15) is 5.10 Å². The van der Waals surface area contributed by atoms with E-state index in [1.54, 1.807) is 12.4 Å². The van der Waals surface area contributed by atoms with Crippen molar-refractivity contribution >= 4 is 10.0 Å². The van der Waals surface area contributed by atoms with E-state index in [4.69, 9.17) is 0 Å². The third-order valence-electron chi connectivity index (χ3n) is 2.44. The number of nitrogens with zero attached hydrogens (tertiary/aromatic N) is 1. The quantitative estimate of drug-likeness (QED) is 0.576. The van der Waals surface area contributed by atoms with Crippen molar-refractivity contribution in [3.05, 3.63) is 18.0 Å². The monoisotopic (exact) mass is 274 g/mol. The lowest BCUT2D eigenvalue weighted by atomic mass is 10.3.